The lowest BCUT2D eigenvalue weighted by Crippen LogP contribution is -2.13. The van der Waals surface area contributed by atoms with Crippen molar-refractivity contribution < 1.29 is 14.5 Å². The normalized spacial score (nSPS) is 10.8. The average molecular weight is 493 g/mol. The van der Waals surface area contributed by atoms with E-state index in [1.165, 1.54) is 6.07 Å². The number of imidazole rings is 1. The molecule has 0 fully saturated rings. The van der Waals surface area contributed by atoms with E-state index in [-0.39, 0.29) is 18.0 Å². The number of fused-ring (bicyclic) bond motifs is 1. The van der Waals surface area contributed by atoms with E-state index in [1.807, 2.05) is 59.1 Å². The first-order chi connectivity index (χ1) is 18.0. The second kappa shape index (κ2) is 10.3. The maximum Gasteiger partial charge on any atom is 0.270 e. The van der Waals surface area contributed by atoms with Crippen LogP contribution < -0.4 is 10.1 Å². The molecule has 0 unspecified atom stereocenters. The quantitative estimate of drug-likeness (QED) is 0.207. The van der Waals surface area contributed by atoms with Crippen molar-refractivity contribution in [1.29, 1.82) is 0 Å². The van der Waals surface area contributed by atoms with Gasteiger partial charge in [-0.05, 0) is 53.9 Å². The van der Waals surface area contributed by atoms with Crippen molar-refractivity contribution in [2.24, 2.45) is 0 Å². The van der Waals surface area contributed by atoms with Crippen molar-refractivity contribution in [2.75, 3.05) is 12.4 Å². The van der Waals surface area contributed by atoms with Crippen LogP contribution in [0.4, 0.5) is 11.4 Å². The summed E-state index contributed by atoms with van der Waals surface area (Å²) in [4.78, 5) is 28.5. The third-order valence-corrected chi connectivity index (χ3v) is 6.12. The molecule has 184 valence electrons. The van der Waals surface area contributed by atoms with Crippen molar-refractivity contribution in [1.82, 2.24) is 9.38 Å². The summed E-state index contributed by atoms with van der Waals surface area (Å²) < 4.78 is 7.14. The van der Waals surface area contributed by atoms with Gasteiger partial charge in [-0.15, -0.1) is 0 Å². The third-order valence-electron chi connectivity index (χ3n) is 6.12. The number of benzene rings is 3. The Morgan fingerprint density at radius 2 is 1.70 bits per heavy atom. The molecule has 0 bridgehead atoms. The number of methoxy groups -OCH3 is 1. The second-order valence-electron chi connectivity index (χ2n) is 8.50. The number of anilines is 1. The van der Waals surface area contributed by atoms with Gasteiger partial charge in [0.2, 0.25) is 5.91 Å². The monoisotopic (exact) mass is 492 g/mol. The Kier molecular flexibility index (Phi) is 6.63. The van der Waals surface area contributed by atoms with Crippen LogP contribution in [0, 0.1) is 10.1 Å². The first kappa shape index (κ1) is 23.7. The summed E-state index contributed by atoms with van der Waals surface area (Å²) in [5, 5.41) is 14.2. The van der Waals surface area contributed by atoms with E-state index in [4.69, 9.17) is 9.72 Å². The van der Waals surface area contributed by atoms with Crippen molar-refractivity contribution in [2.45, 2.75) is 12.8 Å². The summed E-state index contributed by atoms with van der Waals surface area (Å²) in [6.07, 6.45) is 2.62. The Bertz CT molecular complexity index is 1580. The predicted octanol–water partition coefficient (Wildman–Crippen LogP) is 6.16. The van der Waals surface area contributed by atoms with E-state index in [9.17, 15) is 14.9 Å². The number of hydrogen-bond donors (Lipinski definition) is 1. The van der Waals surface area contributed by atoms with Crippen LogP contribution in [0.5, 0.6) is 5.75 Å². The van der Waals surface area contributed by atoms with Crippen molar-refractivity contribution in [3.8, 4) is 28.1 Å². The van der Waals surface area contributed by atoms with Gasteiger partial charge in [-0.1, -0.05) is 42.5 Å². The van der Waals surface area contributed by atoms with Gasteiger partial charge in [0.25, 0.3) is 5.69 Å². The molecular weight excluding hydrogens is 468 g/mol. The largest absolute Gasteiger partial charge is 0.497 e. The number of pyridine rings is 1. The maximum absolute atomic E-state index is 12.8. The second-order valence-corrected chi connectivity index (χ2v) is 8.50. The molecule has 0 atom stereocenters. The smallest absolute Gasteiger partial charge is 0.270 e. The van der Waals surface area contributed by atoms with E-state index in [2.05, 4.69) is 5.32 Å². The van der Waals surface area contributed by atoms with Crippen LogP contribution in [-0.2, 0) is 11.2 Å². The molecule has 2 heterocycles. The molecule has 0 aliphatic heterocycles. The Morgan fingerprint density at radius 1 is 0.946 bits per heavy atom. The van der Waals surface area contributed by atoms with E-state index in [0.29, 0.717) is 12.1 Å². The van der Waals surface area contributed by atoms with Gasteiger partial charge in [0.05, 0.1) is 23.4 Å². The van der Waals surface area contributed by atoms with Crippen LogP contribution in [0.2, 0.25) is 0 Å². The minimum Gasteiger partial charge on any atom is -0.497 e. The van der Waals surface area contributed by atoms with Gasteiger partial charge < -0.3 is 14.5 Å². The van der Waals surface area contributed by atoms with Crippen LogP contribution >= 0.6 is 0 Å². The molecule has 0 radical (unpaired) electrons. The molecule has 3 aromatic carbocycles. The number of amides is 1. The minimum absolute atomic E-state index is 0.0311. The number of nitro groups is 1. The molecule has 8 nitrogen and oxygen atoms in total. The van der Waals surface area contributed by atoms with Crippen molar-refractivity contribution in [3.63, 3.8) is 0 Å². The third kappa shape index (κ3) is 5.18. The van der Waals surface area contributed by atoms with Gasteiger partial charge in [-0.3, -0.25) is 14.9 Å². The highest BCUT2D eigenvalue weighted by molar-refractivity contribution is 5.91. The number of aryl methyl sites for hydroxylation is 1. The van der Waals surface area contributed by atoms with Gasteiger partial charge >= 0.3 is 0 Å². The lowest BCUT2D eigenvalue weighted by Gasteiger charge is -2.09. The highest BCUT2D eigenvalue weighted by Gasteiger charge is 2.17. The summed E-state index contributed by atoms with van der Waals surface area (Å²) in [5.74, 6) is 0.602. The number of ether oxygens (including phenoxy) is 1. The molecule has 37 heavy (non-hydrogen) atoms. The van der Waals surface area contributed by atoms with Crippen molar-refractivity contribution in [3.05, 3.63) is 113 Å². The fraction of sp³-hybridized carbons (Fsp3) is 0.103. The molecule has 5 aromatic rings. The summed E-state index contributed by atoms with van der Waals surface area (Å²) in [6.45, 7) is 0. The summed E-state index contributed by atoms with van der Waals surface area (Å²) in [5.41, 5.74) is 5.65. The number of carbonyl (C=O) groups excluding carboxylic acids is 1. The molecule has 0 aliphatic carbocycles. The van der Waals surface area contributed by atoms with E-state index < -0.39 is 4.92 Å². The standard InChI is InChI=1S/C29H24N4O4/c1-37-25-13-11-23(12-14-25)30-28(34)17-15-26-29(20-6-3-2-4-7-20)31-27-16-10-22(19-32(26)27)21-8-5-9-24(18-21)33(35)36/h2-14,16,18-19H,15,17H2,1H3,(H,30,34). The van der Waals surface area contributed by atoms with E-state index >= 15 is 0 Å². The fourth-order valence-electron chi connectivity index (χ4n) is 4.26. The number of rotatable bonds is 8. The Labute approximate surface area is 213 Å². The van der Waals surface area contributed by atoms with Crippen LogP contribution in [0.1, 0.15) is 12.1 Å². The van der Waals surface area contributed by atoms with Gasteiger partial charge in [-0.25, -0.2) is 4.98 Å². The van der Waals surface area contributed by atoms with Gasteiger partial charge in [0.15, 0.2) is 0 Å². The fourth-order valence-corrected chi connectivity index (χ4v) is 4.26. The number of nitrogens with zero attached hydrogens (tertiary/aromatic N) is 3. The molecule has 0 aliphatic rings. The topological polar surface area (TPSA) is 98.8 Å². The maximum atomic E-state index is 12.8. The summed E-state index contributed by atoms with van der Waals surface area (Å²) in [7, 11) is 1.60. The minimum atomic E-state index is -0.403. The van der Waals surface area contributed by atoms with Crippen LogP contribution in [-0.4, -0.2) is 27.3 Å². The van der Waals surface area contributed by atoms with Gasteiger partial charge in [0, 0.05) is 36.0 Å². The first-order valence-corrected chi connectivity index (χ1v) is 11.8. The molecule has 5 rings (SSSR count). The zero-order valence-electron chi connectivity index (χ0n) is 20.1. The Balaban J connectivity index is 1.48. The molecule has 1 N–H and O–H groups in total. The SMILES string of the molecule is COc1ccc(NC(=O)CCc2c(-c3ccccc3)nc3ccc(-c4cccc([N+](=O)[O-])c4)cn23)cc1. The van der Waals surface area contributed by atoms with Gasteiger partial charge in [-0.2, -0.15) is 0 Å². The predicted molar refractivity (Wildman–Crippen MR) is 143 cm³/mol. The molecule has 2 aromatic heterocycles. The van der Waals surface area contributed by atoms with Gasteiger partial charge in [0.1, 0.15) is 11.4 Å². The average Bonchev–Trinajstić information content (AvgIpc) is 3.30. The van der Waals surface area contributed by atoms with Crippen molar-refractivity contribution >= 4 is 22.9 Å². The Morgan fingerprint density at radius 3 is 2.43 bits per heavy atom. The number of hydrogen-bond acceptors (Lipinski definition) is 5. The number of non-ortho nitro benzene ring substituents is 1. The van der Waals surface area contributed by atoms with E-state index in [0.717, 1.165) is 39.5 Å². The molecule has 0 saturated heterocycles. The molecule has 8 heteroatoms. The van der Waals surface area contributed by atoms with Crippen LogP contribution in [0.25, 0.3) is 28.0 Å². The number of aromatic nitrogens is 2. The lowest BCUT2D eigenvalue weighted by molar-refractivity contribution is -0.384. The molecule has 0 spiro atoms. The molecular formula is C29H24N4O4. The first-order valence-electron chi connectivity index (χ1n) is 11.8. The Hall–Kier alpha value is -4.98. The molecule has 0 saturated carbocycles. The lowest BCUT2D eigenvalue weighted by atomic mass is 10.1. The summed E-state index contributed by atoms with van der Waals surface area (Å²) in [6, 6.07) is 27.3. The number of nitrogens with one attached hydrogen (secondary N) is 1. The van der Waals surface area contributed by atoms with Crippen LogP contribution in [0.15, 0.2) is 97.2 Å². The zero-order valence-corrected chi connectivity index (χ0v) is 20.1. The number of nitro benzene ring substituents is 1. The zero-order chi connectivity index (χ0) is 25.8. The highest BCUT2D eigenvalue weighted by Crippen LogP contribution is 2.29. The molecule has 1 amide bonds. The number of carbonyl (C=O) groups is 1. The highest BCUT2D eigenvalue weighted by atomic mass is 16.6. The van der Waals surface area contributed by atoms with Crippen LogP contribution in [0.3, 0.4) is 0 Å². The summed E-state index contributed by atoms with van der Waals surface area (Å²) >= 11 is 0. The van der Waals surface area contributed by atoms with E-state index in [1.54, 1.807) is 43.5 Å².